The second-order valence-corrected chi connectivity index (χ2v) is 6.71. The van der Waals surface area contributed by atoms with Crippen LogP contribution in [0.5, 0.6) is 0 Å². The van der Waals surface area contributed by atoms with Crippen LogP contribution in [-0.2, 0) is 6.54 Å². The number of anilines is 1. The average molecular weight is 372 g/mol. The molecule has 142 valence electrons. The van der Waals surface area contributed by atoms with Crippen molar-refractivity contribution >= 4 is 17.4 Å². The summed E-state index contributed by atoms with van der Waals surface area (Å²) < 4.78 is 0. The van der Waals surface area contributed by atoms with E-state index in [9.17, 15) is 9.59 Å². The molecule has 0 atom stereocenters. The maximum atomic E-state index is 12.2. The number of rotatable bonds is 8. The molecule has 0 aliphatic rings. The fraction of sp³-hybridized carbons (Fsp3) is 0.167. The van der Waals surface area contributed by atoms with Crippen molar-refractivity contribution in [1.82, 2.24) is 5.32 Å². The standard InChI is InChI=1S/C24H24N2O2/c1-18-7-9-20(10-8-18)23(27)15-16-25-22-13-11-21(12-14-22)24(28)26-17-19-5-3-2-4-6-19/h2-14,25H,15-17H2,1H3,(H,26,28). The summed E-state index contributed by atoms with van der Waals surface area (Å²) >= 11 is 0. The number of hydrogen-bond donors (Lipinski definition) is 2. The van der Waals surface area contributed by atoms with Gasteiger partial charge in [0.05, 0.1) is 0 Å². The van der Waals surface area contributed by atoms with E-state index in [1.807, 2.05) is 73.7 Å². The van der Waals surface area contributed by atoms with Gasteiger partial charge in [-0.2, -0.15) is 0 Å². The summed E-state index contributed by atoms with van der Waals surface area (Å²) in [4.78, 5) is 24.4. The smallest absolute Gasteiger partial charge is 0.251 e. The second kappa shape index (κ2) is 9.51. The number of hydrogen-bond acceptors (Lipinski definition) is 3. The molecule has 0 spiro atoms. The highest BCUT2D eigenvalue weighted by atomic mass is 16.1. The molecule has 0 radical (unpaired) electrons. The molecule has 0 aromatic heterocycles. The Hall–Kier alpha value is -3.40. The van der Waals surface area contributed by atoms with Crippen LogP contribution in [0.3, 0.4) is 0 Å². The van der Waals surface area contributed by atoms with E-state index < -0.39 is 0 Å². The molecule has 0 unspecified atom stereocenters. The molecule has 0 saturated carbocycles. The van der Waals surface area contributed by atoms with Crippen LogP contribution < -0.4 is 10.6 Å². The van der Waals surface area contributed by atoms with Crippen molar-refractivity contribution in [3.8, 4) is 0 Å². The van der Waals surface area contributed by atoms with Crippen LogP contribution in [0, 0.1) is 6.92 Å². The van der Waals surface area contributed by atoms with Crippen LogP contribution in [0.25, 0.3) is 0 Å². The fourth-order valence-corrected chi connectivity index (χ4v) is 2.82. The second-order valence-electron chi connectivity index (χ2n) is 6.71. The maximum absolute atomic E-state index is 12.2. The summed E-state index contributed by atoms with van der Waals surface area (Å²) in [5.41, 5.74) is 4.43. The van der Waals surface area contributed by atoms with E-state index in [2.05, 4.69) is 10.6 Å². The zero-order chi connectivity index (χ0) is 19.8. The number of amides is 1. The van der Waals surface area contributed by atoms with Gasteiger partial charge in [0.2, 0.25) is 0 Å². The Morgan fingerprint density at radius 2 is 1.43 bits per heavy atom. The topological polar surface area (TPSA) is 58.2 Å². The Labute approximate surface area is 165 Å². The van der Waals surface area contributed by atoms with Crippen molar-refractivity contribution < 1.29 is 9.59 Å². The minimum atomic E-state index is -0.107. The highest BCUT2D eigenvalue weighted by Gasteiger charge is 2.07. The van der Waals surface area contributed by atoms with Gasteiger partial charge in [0, 0.05) is 36.3 Å². The van der Waals surface area contributed by atoms with Gasteiger partial charge in [-0.1, -0.05) is 60.2 Å². The zero-order valence-electron chi connectivity index (χ0n) is 15.9. The monoisotopic (exact) mass is 372 g/mol. The molecule has 3 aromatic rings. The van der Waals surface area contributed by atoms with Gasteiger partial charge in [-0.15, -0.1) is 0 Å². The van der Waals surface area contributed by atoms with Crippen molar-refractivity contribution in [2.45, 2.75) is 19.9 Å². The molecule has 0 heterocycles. The molecule has 1 amide bonds. The summed E-state index contributed by atoms with van der Waals surface area (Å²) in [5, 5.41) is 6.14. The van der Waals surface area contributed by atoms with Gasteiger partial charge in [-0.05, 0) is 36.8 Å². The van der Waals surface area contributed by atoms with Crippen LogP contribution >= 0.6 is 0 Å². The Balaban J connectivity index is 1.45. The summed E-state index contributed by atoms with van der Waals surface area (Å²) in [5.74, 6) is 0.00867. The lowest BCUT2D eigenvalue weighted by atomic mass is 10.1. The molecule has 3 rings (SSSR count). The van der Waals surface area contributed by atoms with Crippen molar-refractivity contribution in [2.75, 3.05) is 11.9 Å². The Kier molecular flexibility index (Phi) is 6.58. The normalized spacial score (nSPS) is 10.3. The molecular formula is C24H24N2O2. The SMILES string of the molecule is Cc1ccc(C(=O)CCNc2ccc(C(=O)NCc3ccccc3)cc2)cc1. The van der Waals surface area contributed by atoms with E-state index in [0.717, 1.165) is 22.4 Å². The molecule has 2 N–H and O–H groups in total. The van der Waals surface area contributed by atoms with E-state index in [4.69, 9.17) is 0 Å². The third-order valence-corrected chi connectivity index (χ3v) is 4.50. The quantitative estimate of drug-likeness (QED) is 0.568. The minimum Gasteiger partial charge on any atom is -0.385 e. The predicted molar refractivity (Wildman–Crippen MR) is 113 cm³/mol. The van der Waals surface area contributed by atoms with Gasteiger partial charge < -0.3 is 10.6 Å². The minimum absolute atomic E-state index is 0.107. The summed E-state index contributed by atoms with van der Waals surface area (Å²) in [7, 11) is 0. The molecule has 0 saturated heterocycles. The van der Waals surface area contributed by atoms with Gasteiger partial charge >= 0.3 is 0 Å². The van der Waals surface area contributed by atoms with Gasteiger partial charge in [0.15, 0.2) is 5.78 Å². The lowest BCUT2D eigenvalue weighted by Gasteiger charge is -2.08. The number of nitrogens with one attached hydrogen (secondary N) is 2. The zero-order valence-corrected chi connectivity index (χ0v) is 15.9. The molecule has 28 heavy (non-hydrogen) atoms. The first-order valence-electron chi connectivity index (χ1n) is 9.38. The van der Waals surface area contributed by atoms with E-state index in [1.165, 1.54) is 0 Å². The molecule has 4 heteroatoms. The largest absolute Gasteiger partial charge is 0.385 e. The molecule has 0 bridgehead atoms. The van der Waals surface area contributed by atoms with E-state index in [0.29, 0.717) is 25.1 Å². The predicted octanol–water partition coefficient (Wildman–Crippen LogP) is 4.61. The van der Waals surface area contributed by atoms with Crippen LogP contribution in [0.2, 0.25) is 0 Å². The van der Waals surface area contributed by atoms with Crippen molar-refractivity contribution in [3.05, 3.63) is 101 Å². The van der Waals surface area contributed by atoms with Gasteiger partial charge in [-0.25, -0.2) is 0 Å². The van der Waals surface area contributed by atoms with E-state index in [1.54, 1.807) is 12.1 Å². The number of Topliss-reactive ketones (excluding diaryl/α,β-unsaturated/α-hetero) is 1. The molecule has 0 aliphatic carbocycles. The van der Waals surface area contributed by atoms with Crippen molar-refractivity contribution in [2.24, 2.45) is 0 Å². The lowest BCUT2D eigenvalue weighted by Crippen LogP contribution is -2.22. The molecule has 3 aromatic carbocycles. The Morgan fingerprint density at radius 3 is 2.11 bits per heavy atom. The highest BCUT2D eigenvalue weighted by molar-refractivity contribution is 5.96. The maximum Gasteiger partial charge on any atom is 0.251 e. The van der Waals surface area contributed by atoms with Crippen molar-refractivity contribution in [3.63, 3.8) is 0 Å². The first-order chi connectivity index (χ1) is 13.6. The number of carbonyl (C=O) groups is 2. The van der Waals surface area contributed by atoms with Gasteiger partial charge in [0.1, 0.15) is 0 Å². The molecule has 4 nitrogen and oxygen atoms in total. The molecular weight excluding hydrogens is 348 g/mol. The number of carbonyl (C=O) groups excluding carboxylic acids is 2. The van der Waals surface area contributed by atoms with Gasteiger partial charge in [0.25, 0.3) is 5.91 Å². The van der Waals surface area contributed by atoms with Crippen LogP contribution in [0.4, 0.5) is 5.69 Å². The summed E-state index contributed by atoms with van der Waals surface area (Å²) in [6.45, 7) is 3.05. The fourth-order valence-electron chi connectivity index (χ4n) is 2.82. The molecule has 0 aliphatic heterocycles. The van der Waals surface area contributed by atoms with E-state index in [-0.39, 0.29) is 11.7 Å². The summed E-state index contributed by atoms with van der Waals surface area (Å²) in [6.07, 6.45) is 0.419. The van der Waals surface area contributed by atoms with Gasteiger partial charge in [-0.3, -0.25) is 9.59 Å². The Bertz CT molecular complexity index is 917. The summed E-state index contributed by atoms with van der Waals surface area (Å²) in [6, 6.07) is 24.7. The average Bonchev–Trinajstić information content (AvgIpc) is 2.73. The number of aryl methyl sites for hydroxylation is 1. The van der Waals surface area contributed by atoms with Crippen LogP contribution in [0.1, 0.15) is 38.3 Å². The highest BCUT2D eigenvalue weighted by Crippen LogP contribution is 2.11. The first kappa shape index (κ1) is 19.4. The van der Waals surface area contributed by atoms with Crippen LogP contribution in [0.15, 0.2) is 78.9 Å². The number of ketones is 1. The van der Waals surface area contributed by atoms with Crippen molar-refractivity contribution in [1.29, 1.82) is 0 Å². The van der Waals surface area contributed by atoms with E-state index >= 15 is 0 Å². The Morgan fingerprint density at radius 1 is 0.786 bits per heavy atom. The van der Waals surface area contributed by atoms with Crippen LogP contribution in [-0.4, -0.2) is 18.2 Å². The third-order valence-electron chi connectivity index (χ3n) is 4.50. The molecule has 0 fully saturated rings. The first-order valence-corrected chi connectivity index (χ1v) is 9.38. The third kappa shape index (κ3) is 5.55. The lowest BCUT2D eigenvalue weighted by molar-refractivity contribution is 0.0949. The number of benzene rings is 3.